The van der Waals surface area contributed by atoms with E-state index in [1.54, 1.807) is 0 Å². The summed E-state index contributed by atoms with van der Waals surface area (Å²) in [6.45, 7) is 2.11. The van der Waals surface area contributed by atoms with Crippen molar-refractivity contribution in [1.82, 2.24) is 14.9 Å². The van der Waals surface area contributed by atoms with Gasteiger partial charge in [-0.05, 0) is 12.8 Å². The van der Waals surface area contributed by atoms with Crippen LogP contribution < -0.4 is 5.32 Å². The third kappa shape index (κ3) is 2.05. The quantitative estimate of drug-likeness (QED) is 0.684. The molecule has 3 heteroatoms. The van der Waals surface area contributed by atoms with Crippen LogP contribution in [-0.2, 0) is 6.54 Å². The lowest BCUT2D eigenvalue weighted by Crippen LogP contribution is -2.21. The van der Waals surface area contributed by atoms with Gasteiger partial charge in [0.15, 0.2) is 0 Å². The van der Waals surface area contributed by atoms with E-state index in [0.29, 0.717) is 0 Å². The molecule has 1 aliphatic carbocycles. The Hall–Kier alpha value is -0.830. The highest BCUT2D eigenvalue weighted by molar-refractivity contribution is 4.81. The van der Waals surface area contributed by atoms with Gasteiger partial charge < -0.3 is 9.88 Å². The number of rotatable bonds is 4. The molecule has 1 aromatic rings. The average molecular weight is 151 g/mol. The third-order valence-electron chi connectivity index (χ3n) is 1.94. The normalized spacial score (nSPS) is 17.1. The summed E-state index contributed by atoms with van der Waals surface area (Å²) >= 11 is 0. The first-order valence-corrected chi connectivity index (χ1v) is 4.14. The Bertz CT molecular complexity index is 201. The van der Waals surface area contributed by atoms with Crippen LogP contribution in [0.4, 0.5) is 0 Å². The van der Waals surface area contributed by atoms with E-state index in [-0.39, 0.29) is 0 Å². The predicted molar refractivity (Wildman–Crippen MR) is 43.3 cm³/mol. The molecule has 0 bridgehead atoms. The minimum atomic E-state index is 0.818. The largest absolute Gasteiger partial charge is 0.336 e. The van der Waals surface area contributed by atoms with Gasteiger partial charge in [-0.2, -0.15) is 0 Å². The fourth-order valence-electron chi connectivity index (χ4n) is 1.10. The summed E-state index contributed by atoms with van der Waals surface area (Å²) in [5.74, 6) is 0. The zero-order chi connectivity index (χ0) is 7.52. The molecule has 0 amide bonds. The molecule has 0 atom stereocenters. The van der Waals surface area contributed by atoms with E-state index < -0.39 is 0 Å². The summed E-state index contributed by atoms with van der Waals surface area (Å²) in [6, 6.07) is 0.818. The Balaban J connectivity index is 1.66. The van der Waals surface area contributed by atoms with Crippen LogP contribution in [0.3, 0.4) is 0 Å². The van der Waals surface area contributed by atoms with Crippen molar-refractivity contribution in [2.45, 2.75) is 25.4 Å². The van der Waals surface area contributed by atoms with Crippen molar-refractivity contribution in [2.24, 2.45) is 0 Å². The SMILES string of the molecule is c1cn(CCNC2CC2)cn1. The Morgan fingerprint density at radius 2 is 2.45 bits per heavy atom. The molecule has 1 saturated carbocycles. The van der Waals surface area contributed by atoms with Gasteiger partial charge in [-0.25, -0.2) is 4.98 Å². The lowest BCUT2D eigenvalue weighted by Gasteiger charge is -2.02. The summed E-state index contributed by atoms with van der Waals surface area (Å²) in [6.07, 6.45) is 8.40. The molecule has 0 saturated heterocycles. The second-order valence-electron chi connectivity index (χ2n) is 3.03. The van der Waals surface area contributed by atoms with Gasteiger partial charge in [0.2, 0.25) is 0 Å². The molecule has 3 nitrogen and oxygen atoms in total. The molecule has 0 unspecified atom stereocenters. The monoisotopic (exact) mass is 151 g/mol. The molecule has 1 fully saturated rings. The number of hydrogen-bond acceptors (Lipinski definition) is 2. The van der Waals surface area contributed by atoms with Gasteiger partial charge in [0.05, 0.1) is 6.33 Å². The van der Waals surface area contributed by atoms with E-state index in [9.17, 15) is 0 Å². The molecule has 60 valence electrons. The maximum atomic E-state index is 3.97. The molecule has 1 heterocycles. The van der Waals surface area contributed by atoms with Crippen LogP contribution in [0.15, 0.2) is 18.7 Å². The Morgan fingerprint density at radius 1 is 1.55 bits per heavy atom. The van der Waals surface area contributed by atoms with Crippen LogP contribution in [-0.4, -0.2) is 22.1 Å². The summed E-state index contributed by atoms with van der Waals surface area (Å²) in [7, 11) is 0. The smallest absolute Gasteiger partial charge is 0.0946 e. The summed E-state index contributed by atoms with van der Waals surface area (Å²) < 4.78 is 2.09. The maximum Gasteiger partial charge on any atom is 0.0946 e. The van der Waals surface area contributed by atoms with Gasteiger partial charge in [-0.1, -0.05) is 0 Å². The van der Waals surface area contributed by atoms with Gasteiger partial charge in [0, 0.05) is 31.5 Å². The fraction of sp³-hybridized carbons (Fsp3) is 0.625. The number of nitrogens with zero attached hydrogens (tertiary/aromatic N) is 2. The van der Waals surface area contributed by atoms with E-state index >= 15 is 0 Å². The van der Waals surface area contributed by atoms with Crippen molar-refractivity contribution < 1.29 is 0 Å². The second kappa shape index (κ2) is 3.05. The molecule has 0 spiro atoms. The van der Waals surface area contributed by atoms with Crippen LogP contribution >= 0.6 is 0 Å². The molecule has 11 heavy (non-hydrogen) atoms. The van der Waals surface area contributed by atoms with E-state index in [1.807, 2.05) is 18.7 Å². The first-order chi connectivity index (χ1) is 5.45. The molecule has 2 rings (SSSR count). The van der Waals surface area contributed by atoms with E-state index in [2.05, 4.69) is 14.9 Å². The molecule has 1 aromatic heterocycles. The topological polar surface area (TPSA) is 29.9 Å². The van der Waals surface area contributed by atoms with E-state index in [0.717, 1.165) is 19.1 Å². The number of aromatic nitrogens is 2. The summed E-state index contributed by atoms with van der Waals surface area (Å²) in [5.41, 5.74) is 0. The highest BCUT2D eigenvalue weighted by atomic mass is 15.1. The molecule has 0 radical (unpaired) electrons. The van der Waals surface area contributed by atoms with Crippen LogP contribution in [0.2, 0.25) is 0 Å². The predicted octanol–water partition coefficient (Wildman–Crippen LogP) is 0.635. The molecule has 1 aliphatic rings. The summed E-state index contributed by atoms with van der Waals surface area (Å²) in [4.78, 5) is 3.97. The number of hydrogen-bond donors (Lipinski definition) is 1. The van der Waals surface area contributed by atoms with Gasteiger partial charge in [0.25, 0.3) is 0 Å². The molecular formula is C8H13N3. The zero-order valence-electron chi connectivity index (χ0n) is 6.53. The first-order valence-electron chi connectivity index (χ1n) is 4.14. The zero-order valence-corrected chi connectivity index (χ0v) is 6.53. The molecule has 0 aromatic carbocycles. The highest BCUT2D eigenvalue weighted by Gasteiger charge is 2.19. The van der Waals surface area contributed by atoms with Crippen molar-refractivity contribution in [3.05, 3.63) is 18.7 Å². The Kier molecular flexibility index (Phi) is 1.90. The Morgan fingerprint density at radius 3 is 3.09 bits per heavy atom. The molecular weight excluding hydrogens is 138 g/mol. The fourth-order valence-corrected chi connectivity index (χ4v) is 1.10. The van der Waals surface area contributed by atoms with Crippen molar-refractivity contribution in [2.75, 3.05) is 6.54 Å². The summed E-state index contributed by atoms with van der Waals surface area (Å²) in [5, 5.41) is 3.45. The van der Waals surface area contributed by atoms with Crippen molar-refractivity contribution in [3.8, 4) is 0 Å². The van der Waals surface area contributed by atoms with Crippen molar-refractivity contribution in [1.29, 1.82) is 0 Å². The van der Waals surface area contributed by atoms with Crippen LogP contribution in [0.5, 0.6) is 0 Å². The second-order valence-corrected chi connectivity index (χ2v) is 3.03. The average Bonchev–Trinajstić information content (AvgIpc) is 2.66. The van der Waals surface area contributed by atoms with Gasteiger partial charge in [0.1, 0.15) is 0 Å². The molecule has 1 N–H and O–H groups in total. The van der Waals surface area contributed by atoms with Gasteiger partial charge in [-0.3, -0.25) is 0 Å². The number of nitrogens with one attached hydrogen (secondary N) is 1. The minimum absolute atomic E-state index is 0.818. The van der Waals surface area contributed by atoms with Gasteiger partial charge in [-0.15, -0.1) is 0 Å². The van der Waals surface area contributed by atoms with Crippen molar-refractivity contribution >= 4 is 0 Å². The van der Waals surface area contributed by atoms with E-state index in [1.165, 1.54) is 12.8 Å². The number of imidazole rings is 1. The van der Waals surface area contributed by atoms with Gasteiger partial charge >= 0.3 is 0 Å². The van der Waals surface area contributed by atoms with Crippen molar-refractivity contribution in [3.63, 3.8) is 0 Å². The van der Waals surface area contributed by atoms with Crippen LogP contribution in [0, 0.1) is 0 Å². The standard InChI is InChI=1S/C8H13N3/c1-2-8(1)10-4-6-11-5-3-9-7-11/h3,5,7-8,10H,1-2,4,6H2. The maximum absolute atomic E-state index is 3.97. The lowest BCUT2D eigenvalue weighted by atomic mass is 10.5. The van der Waals surface area contributed by atoms with Crippen LogP contribution in [0.1, 0.15) is 12.8 Å². The molecule has 0 aliphatic heterocycles. The third-order valence-corrected chi connectivity index (χ3v) is 1.94. The highest BCUT2D eigenvalue weighted by Crippen LogP contribution is 2.17. The lowest BCUT2D eigenvalue weighted by molar-refractivity contribution is 0.595. The Labute approximate surface area is 66.4 Å². The van der Waals surface area contributed by atoms with E-state index in [4.69, 9.17) is 0 Å². The first kappa shape index (κ1) is 6.85. The minimum Gasteiger partial charge on any atom is -0.336 e. The van der Waals surface area contributed by atoms with Crippen LogP contribution in [0.25, 0.3) is 0 Å².